The van der Waals surface area contributed by atoms with Gasteiger partial charge < -0.3 is 15.7 Å². The molecule has 3 N–H and O–H groups in total. The average Bonchev–Trinajstić information content (AvgIpc) is 2.16. The van der Waals surface area contributed by atoms with Gasteiger partial charge in [0.1, 0.15) is 0 Å². The molecule has 1 saturated heterocycles. The standard InChI is InChI=1S/C13H28N2O/c1-12(2)6-4-8-15(11-12)9-5-7-13(3,16)10-14/h16H,4-11,14H2,1-3H3. The molecule has 0 aliphatic carbocycles. The van der Waals surface area contributed by atoms with Crippen LogP contribution in [0.1, 0.15) is 46.5 Å². The van der Waals surface area contributed by atoms with Crippen molar-refractivity contribution in [3.8, 4) is 0 Å². The molecule has 0 aromatic rings. The van der Waals surface area contributed by atoms with Gasteiger partial charge >= 0.3 is 0 Å². The maximum Gasteiger partial charge on any atom is 0.0741 e. The Balaban J connectivity index is 2.23. The first-order valence-corrected chi connectivity index (χ1v) is 6.49. The van der Waals surface area contributed by atoms with E-state index < -0.39 is 5.60 Å². The third-order valence-corrected chi connectivity index (χ3v) is 3.61. The van der Waals surface area contributed by atoms with Gasteiger partial charge in [0.2, 0.25) is 0 Å². The minimum absolute atomic E-state index is 0.360. The van der Waals surface area contributed by atoms with Crippen molar-refractivity contribution in [3.05, 3.63) is 0 Å². The molecule has 1 fully saturated rings. The molecule has 1 aliphatic rings. The molecule has 0 aromatic heterocycles. The lowest BCUT2D eigenvalue weighted by Gasteiger charge is -2.38. The van der Waals surface area contributed by atoms with Crippen molar-refractivity contribution in [2.24, 2.45) is 11.1 Å². The molecule has 0 spiro atoms. The fourth-order valence-corrected chi connectivity index (χ4v) is 2.52. The Hall–Kier alpha value is -0.120. The van der Waals surface area contributed by atoms with Gasteiger partial charge in [-0.2, -0.15) is 0 Å². The van der Waals surface area contributed by atoms with Crippen LogP contribution in [0.4, 0.5) is 0 Å². The monoisotopic (exact) mass is 228 g/mol. The predicted octanol–water partition coefficient (Wildman–Crippen LogP) is 1.60. The second-order valence-electron chi connectivity index (χ2n) is 6.35. The van der Waals surface area contributed by atoms with Gasteiger partial charge in [0.15, 0.2) is 0 Å². The van der Waals surface area contributed by atoms with E-state index in [2.05, 4.69) is 18.7 Å². The number of piperidine rings is 1. The smallest absolute Gasteiger partial charge is 0.0741 e. The molecule has 16 heavy (non-hydrogen) atoms. The summed E-state index contributed by atoms with van der Waals surface area (Å²) in [6, 6.07) is 0. The van der Waals surface area contributed by atoms with Crippen LogP contribution in [0.5, 0.6) is 0 Å². The van der Waals surface area contributed by atoms with Crippen molar-refractivity contribution < 1.29 is 5.11 Å². The van der Waals surface area contributed by atoms with Gasteiger partial charge in [-0.1, -0.05) is 13.8 Å². The fourth-order valence-electron chi connectivity index (χ4n) is 2.52. The molecular formula is C13H28N2O. The highest BCUT2D eigenvalue weighted by molar-refractivity contribution is 4.80. The highest BCUT2D eigenvalue weighted by Crippen LogP contribution is 2.28. The highest BCUT2D eigenvalue weighted by atomic mass is 16.3. The van der Waals surface area contributed by atoms with Crippen LogP contribution >= 0.6 is 0 Å². The first-order chi connectivity index (χ1) is 7.35. The van der Waals surface area contributed by atoms with Crippen LogP contribution in [0.15, 0.2) is 0 Å². The number of rotatable bonds is 5. The molecule has 0 amide bonds. The molecule has 0 saturated carbocycles. The quantitative estimate of drug-likeness (QED) is 0.751. The fraction of sp³-hybridized carbons (Fsp3) is 1.00. The molecule has 1 rings (SSSR count). The van der Waals surface area contributed by atoms with Crippen molar-refractivity contribution in [1.29, 1.82) is 0 Å². The van der Waals surface area contributed by atoms with Crippen LogP contribution in [0.3, 0.4) is 0 Å². The predicted molar refractivity (Wildman–Crippen MR) is 68.4 cm³/mol. The summed E-state index contributed by atoms with van der Waals surface area (Å²) < 4.78 is 0. The average molecular weight is 228 g/mol. The van der Waals surface area contributed by atoms with E-state index in [0.29, 0.717) is 12.0 Å². The Morgan fingerprint density at radius 2 is 2.12 bits per heavy atom. The zero-order valence-electron chi connectivity index (χ0n) is 11.1. The van der Waals surface area contributed by atoms with E-state index in [-0.39, 0.29) is 0 Å². The molecule has 0 radical (unpaired) electrons. The number of hydrogen-bond acceptors (Lipinski definition) is 3. The number of likely N-dealkylation sites (tertiary alicyclic amines) is 1. The van der Waals surface area contributed by atoms with Crippen molar-refractivity contribution >= 4 is 0 Å². The Bertz CT molecular complexity index is 214. The maximum absolute atomic E-state index is 9.81. The van der Waals surface area contributed by atoms with Gasteiger partial charge in [0.25, 0.3) is 0 Å². The molecule has 0 bridgehead atoms. The number of nitrogens with two attached hydrogens (primary N) is 1. The van der Waals surface area contributed by atoms with Gasteiger partial charge in [-0.3, -0.25) is 0 Å². The molecule has 0 aromatic carbocycles. The zero-order valence-corrected chi connectivity index (χ0v) is 11.1. The van der Waals surface area contributed by atoms with E-state index in [9.17, 15) is 5.11 Å². The Morgan fingerprint density at radius 3 is 2.69 bits per heavy atom. The van der Waals surface area contributed by atoms with Crippen LogP contribution in [0.2, 0.25) is 0 Å². The molecule has 96 valence electrons. The van der Waals surface area contributed by atoms with Crippen LogP contribution in [0.25, 0.3) is 0 Å². The summed E-state index contributed by atoms with van der Waals surface area (Å²) in [6.45, 7) is 10.4. The number of aliphatic hydroxyl groups is 1. The lowest BCUT2D eigenvalue weighted by molar-refractivity contribution is 0.0491. The van der Waals surface area contributed by atoms with Crippen LogP contribution in [0, 0.1) is 5.41 Å². The molecular weight excluding hydrogens is 200 g/mol. The summed E-state index contributed by atoms with van der Waals surface area (Å²) in [5.74, 6) is 0. The third kappa shape index (κ3) is 4.81. The first kappa shape index (κ1) is 13.9. The van der Waals surface area contributed by atoms with Crippen LogP contribution in [-0.2, 0) is 0 Å². The molecule has 3 heteroatoms. The summed E-state index contributed by atoms with van der Waals surface area (Å²) in [5.41, 5.74) is 5.30. The largest absolute Gasteiger partial charge is 0.389 e. The number of nitrogens with zero attached hydrogens (tertiary/aromatic N) is 1. The normalized spacial score (nSPS) is 25.3. The number of hydrogen-bond donors (Lipinski definition) is 2. The summed E-state index contributed by atoms with van der Waals surface area (Å²) in [4.78, 5) is 2.52. The summed E-state index contributed by atoms with van der Waals surface area (Å²) in [6.07, 6.45) is 4.49. The minimum Gasteiger partial charge on any atom is -0.389 e. The maximum atomic E-state index is 9.81. The molecule has 1 aliphatic heterocycles. The Morgan fingerprint density at radius 1 is 1.44 bits per heavy atom. The lowest BCUT2D eigenvalue weighted by Crippen LogP contribution is -2.41. The summed E-state index contributed by atoms with van der Waals surface area (Å²) in [5, 5.41) is 9.81. The van der Waals surface area contributed by atoms with Gasteiger partial charge in [0.05, 0.1) is 5.60 Å². The van der Waals surface area contributed by atoms with E-state index >= 15 is 0 Å². The molecule has 1 heterocycles. The highest BCUT2D eigenvalue weighted by Gasteiger charge is 2.26. The van der Waals surface area contributed by atoms with Crippen LogP contribution in [-0.4, -0.2) is 41.8 Å². The first-order valence-electron chi connectivity index (χ1n) is 6.49. The van der Waals surface area contributed by atoms with Crippen molar-refractivity contribution in [3.63, 3.8) is 0 Å². The second-order valence-corrected chi connectivity index (χ2v) is 6.35. The zero-order chi connectivity index (χ0) is 12.2. The Kier molecular flexibility index (Phi) is 4.77. The van der Waals surface area contributed by atoms with Crippen LogP contribution < -0.4 is 5.73 Å². The van der Waals surface area contributed by atoms with Gasteiger partial charge in [-0.05, 0) is 51.1 Å². The minimum atomic E-state index is -0.675. The van der Waals surface area contributed by atoms with Gasteiger partial charge in [-0.25, -0.2) is 0 Å². The van der Waals surface area contributed by atoms with E-state index in [0.717, 1.165) is 19.4 Å². The summed E-state index contributed by atoms with van der Waals surface area (Å²) >= 11 is 0. The third-order valence-electron chi connectivity index (χ3n) is 3.61. The van der Waals surface area contributed by atoms with E-state index in [1.165, 1.54) is 25.9 Å². The summed E-state index contributed by atoms with van der Waals surface area (Å²) in [7, 11) is 0. The van der Waals surface area contributed by atoms with Crippen molar-refractivity contribution in [2.75, 3.05) is 26.2 Å². The van der Waals surface area contributed by atoms with Gasteiger partial charge in [0, 0.05) is 13.1 Å². The van der Waals surface area contributed by atoms with Crippen molar-refractivity contribution in [2.45, 2.75) is 52.1 Å². The van der Waals surface area contributed by atoms with Gasteiger partial charge in [-0.15, -0.1) is 0 Å². The van der Waals surface area contributed by atoms with Crippen molar-refractivity contribution in [1.82, 2.24) is 4.90 Å². The topological polar surface area (TPSA) is 49.5 Å². The van der Waals surface area contributed by atoms with E-state index in [4.69, 9.17) is 5.73 Å². The second kappa shape index (κ2) is 5.48. The SMILES string of the molecule is CC1(C)CCCN(CCCC(C)(O)CN)C1. The molecule has 3 nitrogen and oxygen atoms in total. The van der Waals surface area contributed by atoms with E-state index in [1.54, 1.807) is 0 Å². The molecule has 1 atom stereocenters. The van der Waals surface area contributed by atoms with E-state index in [1.807, 2.05) is 6.92 Å². The lowest BCUT2D eigenvalue weighted by atomic mass is 9.84. The molecule has 1 unspecified atom stereocenters. The Labute approximate surface area is 100 Å².